The zero-order chi connectivity index (χ0) is 18.7. The highest BCUT2D eigenvalue weighted by molar-refractivity contribution is 6.30. The van der Waals surface area contributed by atoms with Gasteiger partial charge in [-0.15, -0.1) is 0 Å². The summed E-state index contributed by atoms with van der Waals surface area (Å²) in [6.07, 6.45) is 0. The smallest absolute Gasteiger partial charge is 0.251 e. The predicted molar refractivity (Wildman–Crippen MR) is 99.1 cm³/mol. The summed E-state index contributed by atoms with van der Waals surface area (Å²) < 4.78 is 10.5. The van der Waals surface area contributed by atoms with Gasteiger partial charge >= 0.3 is 0 Å². The molecule has 2 aromatic rings. The highest BCUT2D eigenvalue weighted by Gasteiger charge is 2.17. The average molecular weight is 375 g/mol. The fraction of sp³-hybridized carbons (Fsp3) is 0.263. The number of carbonyl (C=O) groups excluding carboxylic acids is 2. The molecule has 1 aliphatic rings. The first kappa shape index (κ1) is 18.1. The van der Waals surface area contributed by atoms with Crippen LogP contribution in [0, 0.1) is 6.92 Å². The molecule has 0 aliphatic carbocycles. The first-order chi connectivity index (χ1) is 12.5. The Morgan fingerprint density at radius 1 is 1.15 bits per heavy atom. The minimum atomic E-state index is -0.236. The Kier molecular flexibility index (Phi) is 5.32. The van der Waals surface area contributed by atoms with Crippen LogP contribution in [0.3, 0.4) is 0 Å². The van der Waals surface area contributed by atoms with Crippen molar-refractivity contribution in [1.29, 1.82) is 0 Å². The van der Waals surface area contributed by atoms with Crippen LogP contribution in [0.5, 0.6) is 11.5 Å². The summed E-state index contributed by atoms with van der Waals surface area (Å²) >= 11 is 5.98. The lowest BCUT2D eigenvalue weighted by molar-refractivity contribution is -0.116. The van der Waals surface area contributed by atoms with Crippen LogP contribution in [-0.2, 0) is 4.79 Å². The number of anilines is 1. The van der Waals surface area contributed by atoms with Gasteiger partial charge < -0.3 is 19.7 Å². The van der Waals surface area contributed by atoms with Crippen molar-refractivity contribution < 1.29 is 19.1 Å². The normalized spacial score (nSPS) is 12.0. The molecule has 1 N–H and O–H groups in total. The van der Waals surface area contributed by atoms with Gasteiger partial charge in [-0.25, -0.2) is 0 Å². The number of ether oxygens (including phenoxy) is 2. The molecule has 0 radical (unpaired) electrons. The highest BCUT2D eigenvalue weighted by Crippen LogP contribution is 2.32. The summed E-state index contributed by atoms with van der Waals surface area (Å²) in [6, 6.07) is 10.4. The van der Waals surface area contributed by atoms with Crippen LogP contribution in [0.15, 0.2) is 36.4 Å². The second-order valence-corrected chi connectivity index (χ2v) is 6.36. The summed E-state index contributed by atoms with van der Waals surface area (Å²) in [6.45, 7) is 4.22. The number of hydrogen-bond acceptors (Lipinski definition) is 4. The SMILES string of the molecule is CC(=O)N(CCNC(=O)c1ccc2c(c1)OCO2)c1ccc(Cl)cc1C. The molecule has 1 aliphatic heterocycles. The molecular weight excluding hydrogens is 356 g/mol. The number of hydrogen-bond donors (Lipinski definition) is 1. The third-order valence-electron chi connectivity index (χ3n) is 4.09. The van der Waals surface area contributed by atoms with E-state index in [-0.39, 0.29) is 18.6 Å². The first-order valence-electron chi connectivity index (χ1n) is 8.18. The van der Waals surface area contributed by atoms with E-state index in [0.717, 1.165) is 11.3 Å². The Morgan fingerprint density at radius 2 is 1.92 bits per heavy atom. The molecule has 136 valence electrons. The predicted octanol–water partition coefficient (Wildman–Crippen LogP) is 3.16. The number of carbonyl (C=O) groups is 2. The van der Waals surface area contributed by atoms with Gasteiger partial charge in [0.2, 0.25) is 12.7 Å². The molecule has 0 aromatic heterocycles. The van der Waals surface area contributed by atoms with E-state index in [1.165, 1.54) is 6.92 Å². The fourth-order valence-electron chi connectivity index (χ4n) is 2.79. The number of nitrogens with zero attached hydrogens (tertiary/aromatic N) is 1. The first-order valence-corrected chi connectivity index (χ1v) is 8.55. The van der Waals surface area contributed by atoms with Crippen LogP contribution < -0.4 is 19.7 Å². The van der Waals surface area contributed by atoms with Crippen molar-refractivity contribution in [2.24, 2.45) is 0 Å². The molecule has 0 atom stereocenters. The molecule has 2 amide bonds. The van der Waals surface area contributed by atoms with E-state index >= 15 is 0 Å². The van der Waals surface area contributed by atoms with Crippen LogP contribution in [0.1, 0.15) is 22.8 Å². The monoisotopic (exact) mass is 374 g/mol. The Balaban J connectivity index is 1.63. The summed E-state index contributed by atoms with van der Waals surface area (Å²) in [5.74, 6) is 0.842. The van der Waals surface area contributed by atoms with Crippen LogP contribution in [0.2, 0.25) is 5.02 Å². The van der Waals surface area contributed by atoms with Gasteiger partial charge in [0, 0.05) is 36.3 Å². The molecule has 0 bridgehead atoms. The van der Waals surface area contributed by atoms with E-state index in [9.17, 15) is 9.59 Å². The number of rotatable bonds is 5. The standard InChI is InChI=1S/C19H19ClN2O4/c1-12-9-15(20)4-5-16(12)22(13(2)23)8-7-21-19(24)14-3-6-17-18(10-14)26-11-25-17/h3-6,9-10H,7-8,11H2,1-2H3,(H,21,24). The number of aryl methyl sites for hydroxylation is 1. The molecule has 7 heteroatoms. The molecule has 3 rings (SSSR count). The van der Waals surface area contributed by atoms with Crippen molar-refractivity contribution in [2.75, 3.05) is 24.8 Å². The average Bonchev–Trinajstić information content (AvgIpc) is 3.06. The van der Waals surface area contributed by atoms with Crippen molar-refractivity contribution in [3.05, 3.63) is 52.5 Å². The van der Waals surface area contributed by atoms with Crippen LogP contribution in [0.4, 0.5) is 5.69 Å². The van der Waals surface area contributed by atoms with Gasteiger partial charge in [-0.05, 0) is 48.9 Å². The minimum absolute atomic E-state index is 0.104. The van der Waals surface area contributed by atoms with Gasteiger partial charge in [0.25, 0.3) is 5.91 Å². The van der Waals surface area contributed by atoms with Gasteiger partial charge in [-0.3, -0.25) is 9.59 Å². The Labute approximate surface area is 156 Å². The molecule has 1 heterocycles. The summed E-state index contributed by atoms with van der Waals surface area (Å²) in [7, 11) is 0. The molecular formula is C19H19ClN2O4. The lowest BCUT2D eigenvalue weighted by Crippen LogP contribution is -2.37. The molecule has 26 heavy (non-hydrogen) atoms. The van der Waals surface area contributed by atoms with E-state index in [1.807, 2.05) is 6.92 Å². The number of fused-ring (bicyclic) bond motifs is 1. The quantitative estimate of drug-likeness (QED) is 0.872. The molecule has 0 saturated heterocycles. The third-order valence-corrected chi connectivity index (χ3v) is 4.32. The molecule has 0 spiro atoms. The maximum absolute atomic E-state index is 12.3. The highest BCUT2D eigenvalue weighted by atomic mass is 35.5. The fourth-order valence-corrected chi connectivity index (χ4v) is 3.02. The molecule has 0 saturated carbocycles. The van der Waals surface area contributed by atoms with Crippen LogP contribution >= 0.6 is 11.6 Å². The maximum Gasteiger partial charge on any atom is 0.251 e. The van der Waals surface area contributed by atoms with E-state index in [0.29, 0.717) is 35.2 Å². The van der Waals surface area contributed by atoms with Crippen molar-refractivity contribution in [3.63, 3.8) is 0 Å². The van der Waals surface area contributed by atoms with Gasteiger partial charge in [0.1, 0.15) is 0 Å². The molecule has 2 aromatic carbocycles. The zero-order valence-corrected chi connectivity index (χ0v) is 15.3. The zero-order valence-electron chi connectivity index (χ0n) is 14.5. The Morgan fingerprint density at radius 3 is 2.65 bits per heavy atom. The van der Waals surface area contributed by atoms with Crippen molar-refractivity contribution in [2.45, 2.75) is 13.8 Å². The minimum Gasteiger partial charge on any atom is -0.454 e. The van der Waals surface area contributed by atoms with Crippen LogP contribution in [-0.4, -0.2) is 31.7 Å². The number of amides is 2. The van der Waals surface area contributed by atoms with E-state index in [2.05, 4.69) is 5.32 Å². The summed E-state index contributed by atoms with van der Waals surface area (Å²) in [5.41, 5.74) is 2.15. The van der Waals surface area contributed by atoms with Gasteiger partial charge in [-0.1, -0.05) is 11.6 Å². The molecule has 0 fully saturated rings. The topological polar surface area (TPSA) is 67.9 Å². The van der Waals surface area contributed by atoms with Gasteiger partial charge in [0.15, 0.2) is 11.5 Å². The summed E-state index contributed by atoms with van der Waals surface area (Å²) in [5, 5.41) is 3.44. The number of benzene rings is 2. The lowest BCUT2D eigenvalue weighted by Gasteiger charge is -2.23. The lowest BCUT2D eigenvalue weighted by atomic mass is 10.1. The van der Waals surface area contributed by atoms with Gasteiger partial charge in [0.05, 0.1) is 0 Å². The summed E-state index contributed by atoms with van der Waals surface area (Å²) in [4.78, 5) is 25.9. The Hall–Kier alpha value is -2.73. The van der Waals surface area contributed by atoms with E-state index < -0.39 is 0 Å². The number of nitrogens with one attached hydrogen (secondary N) is 1. The van der Waals surface area contributed by atoms with E-state index in [1.54, 1.807) is 41.3 Å². The molecule has 6 nitrogen and oxygen atoms in total. The van der Waals surface area contributed by atoms with E-state index in [4.69, 9.17) is 21.1 Å². The maximum atomic E-state index is 12.3. The largest absolute Gasteiger partial charge is 0.454 e. The van der Waals surface area contributed by atoms with Crippen molar-refractivity contribution >= 4 is 29.1 Å². The van der Waals surface area contributed by atoms with Crippen LogP contribution in [0.25, 0.3) is 0 Å². The third kappa shape index (κ3) is 3.91. The van der Waals surface area contributed by atoms with Crippen molar-refractivity contribution in [3.8, 4) is 11.5 Å². The second kappa shape index (κ2) is 7.66. The second-order valence-electron chi connectivity index (χ2n) is 5.93. The molecule has 0 unspecified atom stereocenters. The van der Waals surface area contributed by atoms with Gasteiger partial charge in [-0.2, -0.15) is 0 Å². The Bertz CT molecular complexity index is 853. The van der Waals surface area contributed by atoms with Crippen molar-refractivity contribution in [1.82, 2.24) is 5.32 Å². The number of halogens is 1.